The van der Waals surface area contributed by atoms with Crippen LogP contribution in [0.15, 0.2) is 47.6 Å². The molecular weight excluding hydrogens is 362 g/mol. The number of halogens is 1. The van der Waals surface area contributed by atoms with E-state index in [1.165, 1.54) is 0 Å². The third kappa shape index (κ3) is 5.34. The molecule has 0 radical (unpaired) electrons. The van der Waals surface area contributed by atoms with Gasteiger partial charge in [-0.3, -0.25) is 4.99 Å². The van der Waals surface area contributed by atoms with Gasteiger partial charge in [0.25, 0.3) is 0 Å². The SMILES string of the molecule is CN=C(NCc1ccc(N2CCOCC2)nc1)N(C)Cc1ccccc1Cl. The lowest BCUT2D eigenvalue weighted by atomic mass is 10.2. The van der Waals surface area contributed by atoms with E-state index in [4.69, 9.17) is 16.3 Å². The van der Waals surface area contributed by atoms with Crippen molar-refractivity contribution >= 4 is 23.4 Å². The van der Waals surface area contributed by atoms with Crippen molar-refractivity contribution in [2.45, 2.75) is 13.1 Å². The van der Waals surface area contributed by atoms with Gasteiger partial charge >= 0.3 is 0 Å². The van der Waals surface area contributed by atoms with Gasteiger partial charge in [0.05, 0.1) is 13.2 Å². The molecule has 0 spiro atoms. The Morgan fingerprint density at radius 1 is 1.26 bits per heavy atom. The van der Waals surface area contributed by atoms with Crippen molar-refractivity contribution in [2.75, 3.05) is 45.3 Å². The molecule has 2 aromatic rings. The number of guanidine groups is 1. The van der Waals surface area contributed by atoms with Crippen LogP contribution in [0.4, 0.5) is 5.82 Å². The van der Waals surface area contributed by atoms with Gasteiger partial charge in [0.2, 0.25) is 0 Å². The molecule has 0 unspecified atom stereocenters. The van der Waals surface area contributed by atoms with E-state index in [2.05, 4.69) is 37.2 Å². The minimum Gasteiger partial charge on any atom is -0.378 e. The van der Waals surface area contributed by atoms with Crippen molar-refractivity contribution in [3.63, 3.8) is 0 Å². The fourth-order valence-electron chi connectivity index (χ4n) is 3.02. The van der Waals surface area contributed by atoms with Crippen molar-refractivity contribution in [1.82, 2.24) is 15.2 Å². The number of hydrogen-bond donors (Lipinski definition) is 1. The quantitative estimate of drug-likeness (QED) is 0.631. The van der Waals surface area contributed by atoms with Crippen LogP contribution in [-0.4, -0.2) is 56.2 Å². The number of rotatable bonds is 5. The van der Waals surface area contributed by atoms with Gasteiger partial charge in [0.15, 0.2) is 5.96 Å². The van der Waals surface area contributed by atoms with Gasteiger partial charge in [-0.05, 0) is 23.3 Å². The smallest absolute Gasteiger partial charge is 0.193 e. The van der Waals surface area contributed by atoms with E-state index in [0.29, 0.717) is 13.1 Å². The standard InChI is InChI=1S/C20H26ClN5O/c1-22-20(25(2)15-17-5-3-4-6-18(17)21)24-14-16-7-8-19(23-13-16)26-9-11-27-12-10-26/h3-8,13H,9-12,14-15H2,1-2H3,(H,22,24). The predicted octanol–water partition coefficient (Wildman–Crippen LogP) is 2.78. The lowest BCUT2D eigenvalue weighted by molar-refractivity contribution is 0.122. The molecule has 0 saturated carbocycles. The first-order valence-electron chi connectivity index (χ1n) is 9.10. The fourth-order valence-corrected chi connectivity index (χ4v) is 3.22. The number of benzene rings is 1. The third-order valence-corrected chi connectivity index (χ3v) is 4.90. The normalized spacial score (nSPS) is 14.9. The predicted molar refractivity (Wildman–Crippen MR) is 110 cm³/mol. The Labute approximate surface area is 165 Å². The Hall–Kier alpha value is -2.31. The van der Waals surface area contributed by atoms with Crippen LogP contribution in [0.3, 0.4) is 0 Å². The van der Waals surface area contributed by atoms with Crippen LogP contribution in [0, 0.1) is 0 Å². The number of aliphatic imine (C=N–C) groups is 1. The number of nitrogens with zero attached hydrogens (tertiary/aromatic N) is 4. The maximum absolute atomic E-state index is 6.26. The average molecular weight is 388 g/mol. The van der Waals surface area contributed by atoms with Crippen molar-refractivity contribution < 1.29 is 4.74 Å². The van der Waals surface area contributed by atoms with Crippen LogP contribution in [0.2, 0.25) is 5.02 Å². The Morgan fingerprint density at radius 2 is 2.04 bits per heavy atom. The molecule has 0 atom stereocenters. The van der Waals surface area contributed by atoms with Gasteiger partial charge < -0.3 is 19.9 Å². The van der Waals surface area contributed by atoms with E-state index in [1.807, 2.05) is 37.5 Å². The van der Waals surface area contributed by atoms with Crippen LogP contribution in [-0.2, 0) is 17.8 Å². The molecule has 1 aromatic heterocycles. The lowest BCUT2D eigenvalue weighted by Gasteiger charge is -2.27. The second kappa shape index (κ2) is 9.58. The summed E-state index contributed by atoms with van der Waals surface area (Å²) in [6.07, 6.45) is 1.92. The van der Waals surface area contributed by atoms with E-state index in [1.54, 1.807) is 7.05 Å². The maximum Gasteiger partial charge on any atom is 0.193 e. The topological polar surface area (TPSA) is 53.0 Å². The van der Waals surface area contributed by atoms with Gasteiger partial charge in [-0.2, -0.15) is 0 Å². The first kappa shape index (κ1) is 19.5. The zero-order valence-corrected chi connectivity index (χ0v) is 16.6. The summed E-state index contributed by atoms with van der Waals surface area (Å²) in [6, 6.07) is 12.0. The van der Waals surface area contributed by atoms with E-state index >= 15 is 0 Å². The van der Waals surface area contributed by atoms with Crippen LogP contribution in [0.1, 0.15) is 11.1 Å². The molecule has 27 heavy (non-hydrogen) atoms. The Kier molecular flexibility index (Phi) is 6.90. The number of nitrogens with one attached hydrogen (secondary N) is 1. The first-order valence-corrected chi connectivity index (χ1v) is 9.48. The second-order valence-corrected chi connectivity index (χ2v) is 6.88. The van der Waals surface area contributed by atoms with Crippen molar-refractivity contribution in [2.24, 2.45) is 4.99 Å². The summed E-state index contributed by atoms with van der Waals surface area (Å²) in [5, 5.41) is 4.15. The average Bonchev–Trinajstić information content (AvgIpc) is 2.71. The van der Waals surface area contributed by atoms with E-state index in [-0.39, 0.29) is 0 Å². The summed E-state index contributed by atoms with van der Waals surface area (Å²) in [5.74, 6) is 1.81. The Morgan fingerprint density at radius 3 is 2.70 bits per heavy atom. The molecule has 0 aliphatic carbocycles. The fraction of sp³-hybridized carbons (Fsp3) is 0.400. The highest BCUT2D eigenvalue weighted by Crippen LogP contribution is 2.17. The zero-order chi connectivity index (χ0) is 19.1. The highest BCUT2D eigenvalue weighted by atomic mass is 35.5. The molecule has 0 amide bonds. The van der Waals surface area contributed by atoms with Crippen molar-refractivity contribution in [3.8, 4) is 0 Å². The molecule has 1 fully saturated rings. The summed E-state index contributed by atoms with van der Waals surface area (Å²) in [5.41, 5.74) is 2.18. The van der Waals surface area contributed by atoms with Gasteiger partial charge in [-0.25, -0.2) is 4.98 Å². The van der Waals surface area contributed by atoms with Crippen LogP contribution >= 0.6 is 11.6 Å². The molecule has 2 heterocycles. The third-order valence-electron chi connectivity index (χ3n) is 4.53. The first-order chi connectivity index (χ1) is 13.2. The van der Waals surface area contributed by atoms with Gasteiger partial charge in [-0.1, -0.05) is 35.9 Å². The zero-order valence-electron chi connectivity index (χ0n) is 15.9. The summed E-state index contributed by atoms with van der Waals surface area (Å²) >= 11 is 6.26. The van der Waals surface area contributed by atoms with Gasteiger partial charge in [0, 0.05) is 51.5 Å². The summed E-state index contributed by atoms with van der Waals surface area (Å²) < 4.78 is 5.39. The molecule has 1 aliphatic heterocycles. The lowest BCUT2D eigenvalue weighted by Crippen LogP contribution is -2.38. The summed E-state index contributed by atoms with van der Waals surface area (Å²) in [6.45, 7) is 4.66. The molecule has 1 aromatic carbocycles. The van der Waals surface area contributed by atoms with Crippen molar-refractivity contribution in [3.05, 3.63) is 58.7 Å². The van der Waals surface area contributed by atoms with Crippen LogP contribution in [0.5, 0.6) is 0 Å². The molecule has 7 heteroatoms. The minimum absolute atomic E-state index is 0.663. The maximum atomic E-state index is 6.26. The minimum atomic E-state index is 0.663. The highest BCUT2D eigenvalue weighted by molar-refractivity contribution is 6.31. The Bertz CT molecular complexity index is 759. The van der Waals surface area contributed by atoms with Crippen LogP contribution < -0.4 is 10.2 Å². The van der Waals surface area contributed by atoms with E-state index in [0.717, 1.165) is 54.2 Å². The highest BCUT2D eigenvalue weighted by Gasteiger charge is 2.12. The molecule has 1 N–H and O–H groups in total. The number of hydrogen-bond acceptors (Lipinski definition) is 4. The number of aromatic nitrogens is 1. The molecule has 144 valence electrons. The monoisotopic (exact) mass is 387 g/mol. The van der Waals surface area contributed by atoms with Gasteiger partial charge in [-0.15, -0.1) is 0 Å². The number of pyridine rings is 1. The second-order valence-electron chi connectivity index (χ2n) is 6.47. The molecule has 3 rings (SSSR count). The molecule has 1 aliphatic rings. The van der Waals surface area contributed by atoms with Crippen LogP contribution in [0.25, 0.3) is 0 Å². The van der Waals surface area contributed by atoms with Crippen molar-refractivity contribution in [1.29, 1.82) is 0 Å². The summed E-state index contributed by atoms with van der Waals surface area (Å²) in [7, 11) is 3.78. The molecule has 6 nitrogen and oxygen atoms in total. The number of ether oxygens (including phenoxy) is 1. The molecular formula is C20H26ClN5O. The summed E-state index contributed by atoms with van der Waals surface area (Å²) in [4.78, 5) is 13.3. The number of morpholine rings is 1. The largest absolute Gasteiger partial charge is 0.378 e. The number of anilines is 1. The van der Waals surface area contributed by atoms with E-state index < -0.39 is 0 Å². The molecule has 0 bridgehead atoms. The van der Waals surface area contributed by atoms with Gasteiger partial charge in [0.1, 0.15) is 5.82 Å². The molecule has 1 saturated heterocycles. The van der Waals surface area contributed by atoms with E-state index in [9.17, 15) is 0 Å². The Balaban J connectivity index is 1.55.